The molecule has 2 atom stereocenters. The average molecular weight is 244 g/mol. The molecule has 1 fully saturated rings. The second-order valence-corrected chi connectivity index (χ2v) is 3.97. The second-order valence-electron chi connectivity index (χ2n) is 3.97. The number of rotatable bonds is 2. The Hall–Kier alpha value is -0.770. The van der Waals surface area contributed by atoms with Gasteiger partial charge >= 0.3 is 0 Å². The Morgan fingerprint density at radius 2 is 2.12 bits per heavy atom. The van der Waals surface area contributed by atoms with Crippen molar-refractivity contribution in [3.63, 3.8) is 0 Å². The fraction of sp³-hybridized carbons (Fsp3) is 0.500. The highest BCUT2D eigenvalue weighted by molar-refractivity contribution is 5.85. The predicted octanol–water partition coefficient (Wildman–Crippen LogP) is 2.37. The molecule has 0 spiro atoms. The van der Waals surface area contributed by atoms with Gasteiger partial charge in [0.25, 0.3) is 0 Å². The van der Waals surface area contributed by atoms with Gasteiger partial charge in [0.2, 0.25) is 0 Å². The summed E-state index contributed by atoms with van der Waals surface area (Å²) in [6.45, 7) is 3.96. The summed E-state index contributed by atoms with van der Waals surface area (Å²) in [5.74, 6) is 1.46. The van der Waals surface area contributed by atoms with Crippen LogP contribution >= 0.6 is 12.4 Å². The Balaban J connectivity index is 0.00000128. The van der Waals surface area contributed by atoms with E-state index in [1.807, 2.05) is 24.3 Å². The van der Waals surface area contributed by atoms with E-state index >= 15 is 0 Å². The summed E-state index contributed by atoms with van der Waals surface area (Å²) in [7, 11) is 1.68. The van der Waals surface area contributed by atoms with Crippen molar-refractivity contribution in [2.45, 2.75) is 13.2 Å². The van der Waals surface area contributed by atoms with Crippen LogP contribution in [-0.2, 0) is 4.74 Å². The Bertz CT molecular complexity index is 325. The highest BCUT2D eigenvalue weighted by Gasteiger charge is 2.21. The van der Waals surface area contributed by atoms with Crippen LogP contribution < -0.4 is 10.1 Å². The van der Waals surface area contributed by atoms with Crippen molar-refractivity contribution in [3.8, 4) is 5.75 Å². The van der Waals surface area contributed by atoms with E-state index in [4.69, 9.17) is 9.47 Å². The number of halogens is 1. The number of ether oxygens (including phenoxy) is 2. The molecule has 1 saturated heterocycles. The first-order chi connectivity index (χ1) is 7.31. The quantitative estimate of drug-likeness (QED) is 0.865. The molecule has 0 aromatic heterocycles. The van der Waals surface area contributed by atoms with Crippen LogP contribution in [0.15, 0.2) is 24.3 Å². The Morgan fingerprint density at radius 3 is 2.75 bits per heavy atom. The molecule has 2 unspecified atom stereocenters. The van der Waals surface area contributed by atoms with Gasteiger partial charge < -0.3 is 9.47 Å². The predicted molar refractivity (Wildman–Crippen MR) is 66.1 cm³/mol. The van der Waals surface area contributed by atoms with Crippen LogP contribution in [0.3, 0.4) is 0 Å². The van der Waals surface area contributed by atoms with Gasteiger partial charge in [-0.3, -0.25) is 5.32 Å². The Kier molecular flexibility index (Phi) is 5.06. The van der Waals surface area contributed by atoms with Crippen molar-refractivity contribution >= 4 is 12.4 Å². The number of benzene rings is 1. The van der Waals surface area contributed by atoms with E-state index in [2.05, 4.69) is 12.2 Å². The Labute approximate surface area is 103 Å². The molecule has 16 heavy (non-hydrogen) atoms. The van der Waals surface area contributed by atoms with Gasteiger partial charge in [0.05, 0.1) is 13.7 Å². The molecule has 1 aromatic carbocycles. The maximum absolute atomic E-state index is 5.73. The maximum atomic E-state index is 5.73. The third kappa shape index (κ3) is 2.88. The zero-order valence-corrected chi connectivity index (χ0v) is 10.4. The molecular formula is C12H18ClNO2. The van der Waals surface area contributed by atoms with Gasteiger partial charge in [0.15, 0.2) is 0 Å². The van der Waals surface area contributed by atoms with Crippen molar-refractivity contribution in [2.75, 3.05) is 20.3 Å². The first-order valence-corrected chi connectivity index (χ1v) is 5.29. The van der Waals surface area contributed by atoms with Crippen molar-refractivity contribution in [3.05, 3.63) is 29.8 Å². The van der Waals surface area contributed by atoms with E-state index in [0.717, 1.165) is 24.5 Å². The van der Waals surface area contributed by atoms with Gasteiger partial charge in [0.1, 0.15) is 12.0 Å². The van der Waals surface area contributed by atoms with Crippen LogP contribution in [0.25, 0.3) is 0 Å². The zero-order valence-electron chi connectivity index (χ0n) is 9.60. The van der Waals surface area contributed by atoms with E-state index in [9.17, 15) is 0 Å². The minimum atomic E-state index is -0.0302. The molecule has 1 aromatic rings. The van der Waals surface area contributed by atoms with Crippen molar-refractivity contribution in [1.82, 2.24) is 5.32 Å². The van der Waals surface area contributed by atoms with Crippen LogP contribution in [-0.4, -0.2) is 20.3 Å². The molecule has 1 heterocycles. The van der Waals surface area contributed by atoms with E-state index in [1.165, 1.54) is 0 Å². The lowest BCUT2D eigenvalue weighted by atomic mass is 10.1. The molecule has 0 amide bonds. The van der Waals surface area contributed by atoms with Crippen LogP contribution in [0.1, 0.15) is 18.7 Å². The van der Waals surface area contributed by atoms with Crippen molar-refractivity contribution in [2.24, 2.45) is 5.92 Å². The number of nitrogens with one attached hydrogen (secondary N) is 1. The SMILES string of the molecule is COc1ccccc1C1NCC(C)CO1.Cl. The lowest BCUT2D eigenvalue weighted by molar-refractivity contribution is -0.0264. The van der Waals surface area contributed by atoms with Crippen LogP contribution in [0.5, 0.6) is 5.75 Å². The number of methoxy groups -OCH3 is 1. The number of hydrogen-bond donors (Lipinski definition) is 1. The van der Waals surface area contributed by atoms with E-state index in [0.29, 0.717) is 5.92 Å². The van der Waals surface area contributed by atoms with Gasteiger partial charge in [-0.15, -0.1) is 12.4 Å². The van der Waals surface area contributed by atoms with Gasteiger partial charge in [-0.05, 0) is 12.0 Å². The largest absolute Gasteiger partial charge is 0.496 e. The monoisotopic (exact) mass is 243 g/mol. The lowest BCUT2D eigenvalue weighted by Gasteiger charge is -2.29. The summed E-state index contributed by atoms with van der Waals surface area (Å²) in [6, 6.07) is 7.96. The summed E-state index contributed by atoms with van der Waals surface area (Å²) >= 11 is 0. The van der Waals surface area contributed by atoms with Crippen molar-refractivity contribution < 1.29 is 9.47 Å². The third-order valence-corrected chi connectivity index (χ3v) is 2.62. The zero-order chi connectivity index (χ0) is 10.7. The molecule has 3 nitrogen and oxygen atoms in total. The lowest BCUT2D eigenvalue weighted by Crippen LogP contribution is -2.36. The molecule has 4 heteroatoms. The van der Waals surface area contributed by atoms with Crippen molar-refractivity contribution in [1.29, 1.82) is 0 Å². The van der Waals surface area contributed by atoms with Crippen LogP contribution in [0.2, 0.25) is 0 Å². The summed E-state index contributed by atoms with van der Waals surface area (Å²) in [5.41, 5.74) is 1.08. The molecule has 1 N–H and O–H groups in total. The second kappa shape index (κ2) is 6.09. The topological polar surface area (TPSA) is 30.5 Å². The Morgan fingerprint density at radius 1 is 1.38 bits per heavy atom. The molecule has 0 radical (unpaired) electrons. The standard InChI is InChI=1S/C12H17NO2.ClH/c1-9-7-13-12(15-8-9)10-5-3-4-6-11(10)14-2;/h3-6,9,12-13H,7-8H2,1-2H3;1H. The highest BCUT2D eigenvalue weighted by Crippen LogP contribution is 2.27. The third-order valence-electron chi connectivity index (χ3n) is 2.62. The molecule has 0 aliphatic carbocycles. The first kappa shape index (κ1) is 13.3. The minimum Gasteiger partial charge on any atom is -0.496 e. The van der Waals surface area contributed by atoms with Gasteiger partial charge in [-0.2, -0.15) is 0 Å². The molecule has 1 aliphatic heterocycles. The molecular weight excluding hydrogens is 226 g/mol. The number of hydrogen-bond acceptors (Lipinski definition) is 3. The van der Waals surface area contributed by atoms with E-state index in [-0.39, 0.29) is 18.6 Å². The van der Waals surface area contributed by atoms with Crippen LogP contribution in [0.4, 0.5) is 0 Å². The molecule has 90 valence electrons. The first-order valence-electron chi connectivity index (χ1n) is 5.29. The summed E-state index contributed by atoms with van der Waals surface area (Å²) < 4.78 is 11.0. The average Bonchev–Trinajstić information content (AvgIpc) is 2.30. The molecule has 0 saturated carbocycles. The summed E-state index contributed by atoms with van der Waals surface area (Å²) in [6.07, 6.45) is -0.0302. The number of para-hydroxylation sites is 1. The molecule has 1 aliphatic rings. The molecule has 2 rings (SSSR count). The smallest absolute Gasteiger partial charge is 0.137 e. The summed E-state index contributed by atoms with van der Waals surface area (Å²) in [4.78, 5) is 0. The van der Waals surface area contributed by atoms with Crippen LogP contribution in [0, 0.1) is 5.92 Å². The normalized spacial score (nSPS) is 24.6. The fourth-order valence-electron chi connectivity index (χ4n) is 1.77. The highest BCUT2D eigenvalue weighted by atomic mass is 35.5. The fourth-order valence-corrected chi connectivity index (χ4v) is 1.77. The van der Waals surface area contributed by atoms with Gasteiger partial charge in [-0.1, -0.05) is 25.1 Å². The maximum Gasteiger partial charge on any atom is 0.137 e. The summed E-state index contributed by atoms with van der Waals surface area (Å²) in [5, 5.41) is 3.36. The molecule has 0 bridgehead atoms. The van der Waals surface area contributed by atoms with E-state index in [1.54, 1.807) is 7.11 Å². The van der Waals surface area contributed by atoms with E-state index < -0.39 is 0 Å². The van der Waals surface area contributed by atoms with Gasteiger partial charge in [0, 0.05) is 12.1 Å². The van der Waals surface area contributed by atoms with Gasteiger partial charge in [-0.25, -0.2) is 0 Å². The minimum absolute atomic E-state index is 0.